The third-order valence-corrected chi connectivity index (χ3v) is 4.95. The molecule has 4 rings (SSSR count). The second-order valence-corrected chi connectivity index (χ2v) is 7.18. The fourth-order valence-electron chi connectivity index (χ4n) is 3.35. The van der Waals surface area contributed by atoms with Crippen LogP contribution in [0.1, 0.15) is 27.2 Å². The lowest BCUT2D eigenvalue weighted by Crippen LogP contribution is -2.28. The number of carbonyl (C=O) groups excluding carboxylic acids is 1. The molecule has 144 valence electrons. The Bertz CT molecular complexity index is 1240. The number of aromatic nitrogens is 4. The highest BCUT2D eigenvalue weighted by Gasteiger charge is 2.19. The van der Waals surface area contributed by atoms with E-state index in [0.717, 1.165) is 33.3 Å². The van der Waals surface area contributed by atoms with Crippen molar-refractivity contribution < 1.29 is 4.79 Å². The van der Waals surface area contributed by atoms with Crippen LogP contribution in [-0.2, 0) is 0 Å². The molecule has 0 aliphatic carbocycles. The maximum absolute atomic E-state index is 12.9. The Kier molecular flexibility index (Phi) is 4.76. The molecule has 0 N–H and O–H groups in total. The van der Waals surface area contributed by atoms with Gasteiger partial charge in [-0.3, -0.25) is 4.79 Å². The maximum Gasteiger partial charge on any atom is 0.277 e. The SMILES string of the molecule is Cc1ccc2nc(-c3ccc(N(C)C(=O)c4ncncc4C)c(C)c3)ncc2c1. The lowest BCUT2D eigenvalue weighted by molar-refractivity contribution is 0.0987. The van der Waals surface area contributed by atoms with Gasteiger partial charge in [-0.05, 0) is 62.2 Å². The van der Waals surface area contributed by atoms with Gasteiger partial charge in [-0.1, -0.05) is 11.6 Å². The van der Waals surface area contributed by atoms with Crippen LogP contribution < -0.4 is 4.90 Å². The van der Waals surface area contributed by atoms with Crippen LogP contribution in [0.25, 0.3) is 22.3 Å². The van der Waals surface area contributed by atoms with Crippen molar-refractivity contribution in [3.05, 3.63) is 77.5 Å². The molecule has 0 spiro atoms. The molecule has 2 aromatic heterocycles. The van der Waals surface area contributed by atoms with Crippen LogP contribution in [0.15, 0.2) is 55.1 Å². The number of carbonyl (C=O) groups is 1. The molecule has 1 amide bonds. The number of hydrogen-bond acceptors (Lipinski definition) is 5. The molecule has 0 aliphatic heterocycles. The van der Waals surface area contributed by atoms with Crippen molar-refractivity contribution in [3.8, 4) is 11.4 Å². The highest BCUT2D eigenvalue weighted by Crippen LogP contribution is 2.27. The number of nitrogens with zero attached hydrogens (tertiary/aromatic N) is 5. The number of rotatable bonds is 3. The summed E-state index contributed by atoms with van der Waals surface area (Å²) in [6.45, 7) is 5.85. The lowest BCUT2D eigenvalue weighted by Gasteiger charge is -2.20. The second kappa shape index (κ2) is 7.39. The molecule has 0 radical (unpaired) electrons. The van der Waals surface area contributed by atoms with E-state index in [1.54, 1.807) is 18.1 Å². The summed E-state index contributed by atoms with van der Waals surface area (Å²) in [5.74, 6) is 0.495. The first-order chi connectivity index (χ1) is 13.9. The topological polar surface area (TPSA) is 71.9 Å². The molecule has 6 nitrogen and oxygen atoms in total. The average molecular weight is 383 g/mol. The first-order valence-corrected chi connectivity index (χ1v) is 9.33. The van der Waals surface area contributed by atoms with E-state index in [0.29, 0.717) is 11.5 Å². The van der Waals surface area contributed by atoms with Crippen molar-refractivity contribution in [2.24, 2.45) is 0 Å². The van der Waals surface area contributed by atoms with Gasteiger partial charge in [0, 0.05) is 36.1 Å². The van der Waals surface area contributed by atoms with E-state index in [-0.39, 0.29) is 5.91 Å². The third kappa shape index (κ3) is 3.57. The van der Waals surface area contributed by atoms with Crippen molar-refractivity contribution in [3.63, 3.8) is 0 Å². The maximum atomic E-state index is 12.9. The Morgan fingerprint density at radius 3 is 2.52 bits per heavy atom. The standard InChI is InChI=1S/C23H21N5O/c1-14-5-7-19-18(9-14)12-25-22(27-19)17-6-8-20(15(2)10-17)28(4)23(29)21-16(3)11-24-13-26-21/h5-13H,1-4H3. The molecule has 4 aromatic rings. The molecule has 2 heterocycles. The van der Waals surface area contributed by atoms with E-state index in [2.05, 4.69) is 32.9 Å². The van der Waals surface area contributed by atoms with E-state index in [1.807, 2.05) is 50.4 Å². The van der Waals surface area contributed by atoms with Gasteiger partial charge in [-0.25, -0.2) is 19.9 Å². The van der Waals surface area contributed by atoms with Crippen LogP contribution in [0.2, 0.25) is 0 Å². The summed E-state index contributed by atoms with van der Waals surface area (Å²) in [5, 5.41) is 1.02. The molecule has 0 unspecified atom stereocenters. The van der Waals surface area contributed by atoms with Gasteiger partial charge in [0.2, 0.25) is 0 Å². The van der Waals surface area contributed by atoms with Crippen LogP contribution in [0.4, 0.5) is 5.69 Å². The van der Waals surface area contributed by atoms with Gasteiger partial charge in [0.15, 0.2) is 5.82 Å². The van der Waals surface area contributed by atoms with Crippen LogP contribution in [0, 0.1) is 20.8 Å². The van der Waals surface area contributed by atoms with E-state index in [9.17, 15) is 4.79 Å². The molecule has 0 bridgehead atoms. The summed E-state index contributed by atoms with van der Waals surface area (Å²) >= 11 is 0. The Balaban J connectivity index is 1.67. The molecule has 0 saturated carbocycles. The van der Waals surface area contributed by atoms with E-state index < -0.39 is 0 Å². The molecule has 29 heavy (non-hydrogen) atoms. The number of anilines is 1. The van der Waals surface area contributed by atoms with Crippen LogP contribution in [-0.4, -0.2) is 32.9 Å². The number of amides is 1. The summed E-state index contributed by atoms with van der Waals surface area (Å²) in [7, 11) is 1.75. The molecule has 6 heteroatoms. The summed E-state index contributed by atoms with van der Waals surface area (Å²) < 4.78 is 0. The quantitative estimate of drug-likeness (QED) is 0.528. The van der Waals surface area contributed by atoms with Gasteiger partial charge in [-0.15, -0.1) is 0 Å². The molecule has 2 aromatic carbocycles. The summed E-state index contributed by atoms with van der Waals surface area (Å²) in [6.07, 6.45) is 4.88. The van der Waals surface area contributed by atoms with Crippen LogP contribution in [0.5, 0.6) is 0 Å². The second-order valence-electron chi connectivity index (χ2n) is 7.18. The van der Waals surface area contributed by atoms with Crippen LogP contribution in [0.3, 0.4) is 0 Å². The molecule has 0 atom stereocenters. The number of hydrogen-bond donors (Lipinski definition) is 0. The predicted octanol–water partition coefficient (Wildman–Crippen LogP) is 4.29. The Hall–Kier alpha value is -3.67. The van der Waals surface area contributed by atoms with Gasteiger partial charge in [0.25, 0.3) is 5.91 Å². The van der Waals surface area contributed by atoms with Crippen molar-refractivity contribution >= 4 is 22.5 Å². The average Bonchev–Trinajstić information content (AvgIpc) is 2.72. The minimum absolute atomic E-state index is 0.168. The highest BCUT2D eigenvalue weighted by atomic mass is 16.2. The van der Waals surface area contributed by atoms with Crippen molar-refractivity contribution in [2.45, 2.75) is 20.8 Å². The zero-order valence-corrected chi connectivity index (χ0v) is 16.8. The zero-order chi connectivity index (χ0) is 20.5. The molecule has 0 fully saturated rings. The number of benzene rings is 2. The third-order valence-electron chi connectivity index (χ3n) is 4.95. The Morgan fingerprint density at radius 1 is 0.931 bits per heavy atom. The fraction of sp³-hybridized carbons (Fsp3) is 0.174. The number of aryl methyl sites for hydroxylation is 3. The summed E-state index contributed by atoms with van der Waals surface area (Å²) in [6, 6.07) is 12.0. The van der Waals surface area contributed by atoms with Crippen molar-refractivity contribution in [1.82, 2.24) is 19.9 Å². The van der Waals surface area contributed by atoms with Gasteiger partial charge in [-0.2, -0.15) is 0 Å². The van der Waals surface area contributed by atoms with Crippen LogP contribution >= 0.6 is 0 Å². The van der Waals surface area contributed by atoms with Crippen molar-refractivity contribution in [2.75, 3.05) is 11.9 Å². The molecule has 0 aliphatic rings. The minimum Gasteiger partial charge on any atom is -0.310 e. The van der Waals surface area contributed by atoms with Gasteiger partial charge < -0.3 is 4.90 Å². The highest BCUT2D eigenvalue weighted by molar-refractivity contribution is 6.05. The van der Waals surface area contributed by atoms with Gasteiger partial charge in [0.05, 0.1) is 5.52 Å². The Morgan fingerprint density at radius 2 is 1.76 bits per heavy atom. The zero-order valence-electron chi connectivity index (χ0n) is 16.8. The van der Waals surface area contributed by atoms with Gasteiger partial charge >= 0.3 is 0 Å². The predicted molar refractivity (Wildman–Crippen MR) is 114 cm³/mol. The summed E-state index contributed by atoms with van der Waals surface area (Å²) in [5.41, 5.74) is 5.92. The summed E-state index contributed by atoms with van der Waals surface area (Å²) in [4.78, 5) is 31.8. The largest absolute Gasteiger partial charge is 0.310 e. The first-order valence-electron chi connectivity index (χ1n) is 9.33. The first kappa shape index (κ1) is 18.7. The molecular weight excluding hydrogens is 362 g/mol. The normalized spacial score (nSPS) is 10.9. The van der Waals surface area contributed by atoms with Gasteiger partial charge in [0.1, 0.15) is 12.0 Å². The number of fused-ring (bicyclic) bond motifs is 1. The van der Waals surface area contributed by atoms with E-state index >= 15 is 0 Å². The van der Waals surface area contributed by atoms with E-state index in [4.69, 9.17) is 0 Å². The molecular formula is C23H21N5O. The van der Waals surface area contributed by atoms with Crippen molar-refractivity contribution in [1.29, 1.82) is 0 Å². The fourth-order valence-corrected chi connectivity index (χ4v) is 3.35. The Labute approximate surface area is 169 Å². The monoisotopic (exact) mass is 383 g/mol. The smallest absolute Gasteiger partial charge is 0.277 e. The lowest BCUT2D eigenvalue weighted by atomic mass is 10.1. The molecule has 0 saturated heterocycles. The van der Waals surface area contributed by atoms with E-state index in [1.165, 1.54) is 11.9 Å². The minimum atomic E-state index is -0.168.